The quantitative estimate of drug-likeness (QED) is 0.822. The van der Waals surface area contributed by atoms with Crippen LogP contribution in [0.3, 0.4) is 0 Å². The van der Waals surface area contributed by atoms with Crippen molar-refractivity contribution in [2.75, 3.05) is 26.4 Å². The van der Waals surface area contributed by atoms with Gasteiger partial charge in [-0.25, -0.2) is 0 Å². The zero-order valence-electron chi connectivity index (χ0n) is 12.9. The Morgan fingerprint density at radius 3 is 2.82 bits per heavy atom. The molecule has 2 aliphatic rings. The zero-order valence-corrected chi connectivity index (χ0v) is 13.7. The molecule has 3 rings (SSSR count). The SMILES string of the molecule is C[C@H]1COC(Oc2ccc(Cl)c(OCC3CCOCC3)c2)C1. The van der Waals surface area contributed by atoms with Crippen molar-refractivity contribution >= 4 is 11.6 Å². The normalized spacial score (nSPS) is 26.1. The molecule has 2 saturated heterocycles. The van der Waals surface area contributed by atoms with Crippen molar-refractivity contribution in [3.05, 3.63) is 23.2 Å². The molecule has 5 heteroatoms. The number of halogens is 1. The molecule has 2 atom stereocenters. The topological polar surface area (TPSA) is 36.9 Å². The summed E-state index contributed by atoms with van der Waals surface area (Å²) in [6.45, 7) is 5.23. The van der Waals surface area contributed by atoms with Crippen LogP contribution in [0.1, 0.15) is 26.2 Å². The maximum absolute atomic E-state index is 6.22. The first-order valence-electron chi connectivity index (χ1n) is 7.99. The first kappa shape index (κ1) is 15.9. The minimum absolute atomic E-state index is 0.167. The van der Waals surface area contributed by atoms with Crippen LogP contribution < -0.4 is 9.47 Å². The van der Waals surface area contributed by atoms with Gasteiger partial charge in [-0.1, -0.05) is 18.5 Å². The van der Waals surface area contributed by atoms with Gasteiger partial charge >= 0.3 is 0 Å². The fourth-order valence-electron chi connectivity index (χ4n) is 2.76. The number of benzene rings is 1. The van der Waals surface area contributed by atoms with Crippen LogP contribution in [0, 0.1) is 11.8 Å². The molecule has 0 radical (unpaired) electrons. The minimum atomic E-state index is -0.167. The van der Waals surface area contributed by atoms with E-state index in [0.29, 0.717) is 29.2 Å². The van der Waals surface area contributed by atoms with Crippen LogP contribution >= 0.6 is 11.6 Å². The monoisotopic (exact) mass is 326 g/mol. The van der Waals surface area contributed by atoms with Gasteiger partial charge in [0.25, 0.3) is 0 Å². The first-order chi connectivity index (χ1) is 10.7. The molecule has 2 heterocycles. The zero-order chi connectivity index (χ0) is 15.4. The lowest BCUT2D eigenvalue weighted by Gasteiger charge is -2.22. The van der Waals surface area contributed by atoms with Crippen LogP contribution in [0.25, 0.3) is 0 Å². The predicted molar refractivity (Wildman–Crippen MR) is 84.6 cm³/mol. The molecule has 1 aromatic rings. The van der Waals surface area contributed by atoms with E-state index in [1.165, 1.54) is 0 Å². The van der Waals surface area contributed by atoms with Crippen molar-refractivity contribution in [3.63, 3.8) is 0 Å². The van der Waals surface area contributed by atoms with Crippen molar-refractivity contribution in [2.24, 2.45) is 11.8 Å². The Kier molecular flexibility index (Phi) is 5.45. The molecule has 0 amide bonds. The Balaban J connectivity index is 1.57. The highest BCUT2D eigenvalue weighted by Crippen LogP contribution is 2.32. The number of ether oxygens (including phenoxy) is 4. The van der Waals surface area contributed by atoms with Crippen LogP contribution in [0.5, 0.6) is 11.5 Å². The summed E-state index contributed by atoms with van der Waals surface area (Å²) in [5.41, 5.74) is 0. The molecule has 0 aliphatic carbocycles. The molecule has 0 bridgehead atoms. The molecule has 2 fully saturated rings. The summed E-state index contributed by atoms with van der Waals surface area (Å²) >= 11 is 6.22. The van der Waals surface area contributed by atoms with E-state index in [1.54, 1.807) is 0 Å². The van der Waals surface area contributed by atoms with Crippen LogP contribution in [0.2, 0.25) is 5.02 Å². The van der Waals surface area contributed by atoms with E-state index in [4.69, 9.17) is 30.5 Å². The van der Waals surface area contributed by atoms with Crippen molar-refractivity contribution in [1.82, 2.24) is 0 Å². The average molecular weight is 327 g/mol. The van der Waals surface area contributed by atoms with E-state index in [0.717, 1.165) is 44.8 Å². The highest BCUT2D eigenvalue weighted by molar-refractivity contribution is 6.32. The van der Waals surface area contributed by atoms with E-state index in [1.807, 2.05) is 18.2 Å². The largest absolute Gasteiger partial charge is 0.492 e. The lowest BCUT2D eigenvalue weighted by atomic mass is 10.0. The standard InChI is InChI=1S/C17H23ClO4/c1-12-8-17(21-10-12)22-14-2-3-15(18)16(9-14)20-11-13-4-6-19-7-5-13/h2-3,9,12-13,17H,4-8,10-11H2,1H3/t12-,17?/m1/s1. The highest BCUT2D eigenvalue weighted by Gasteiger charge is 2.24. The molecule has 0 spiro atoms. The van der Waals surface area contributed by atoms with Crippen molar-refractivity contribution in [2.45, 2.75) is 32.5 Å². The van der Waals surface area contributed by atoms with Crippen LogP contribution in [0.15, 0.2) is 18.2 Å². The molecule has 1 aromatic carbocycles. The van der Waals surface area contributed by atoms with Crippen molar-refractivity contribution < 1.29 is 18.9 Å². The molecule has 22 heavy (non-hydrogen) atoms. The Bertz CT molecular complexity index is 488. The van der Waals surface area contributed by atoms with E-state index < -0.39 is 0 Å². The number of rotatable bonds is 5. The second kappa shape index (κ2) is 7.53. The summed E-state index contributed by atoms with van der Waals surface area (Å²) in [7, 11) is 0. The second-order valence-electron chi connectivity index (χ2n) is 6.18. The molecular formula is C17H23ClO4. The second-order valence-corrected chi connectivity index (χ2v) is 6.59. The Morgan fingerprint density at radius 1 is 1.27 bits per heavy atom. The highest BCUT2D eigenvalue weighted by atomic mass is 35.5. The summed E-state index contributed by atoms with van der Waals surface area (Å²) in [5.74, 6) is 2.50. The van der Waals surface area contributed by atoms with Crippen molar-refractivity contribution in [1.29, 1.82) is 0 Å². The molecule has 0 aromatic heterocycles. The third-order valence-electron chi connectivity index (χ3n) is 4.15. The Hall–Kier alpha value is -0.970. The molecule has 2 aliphatic heterocycles. The average Bonchev–Trinajstić information content (AvgIpc) is 2.94. The molecule has 122 valence electrons. The molecule has 1 unspecified atom stereocenters. The molecule has 0 N–H and O–H groups in total. The molecule has 0 saturated carbocycles. The van der Waals surface area contributed by atoms with Crippen LogP contribution in [0.4, 0.5) is 0 Å². The van der Waals surface area contributed by atoms with Gasteiger partial charge in [-0.2, -0.15) is 0 Å². The van der Waals surface area contributed by atoms with Gasteiger partial charge in [-0.3, -0.25) is 0 Å². The maximum Gasteiger partial charge on any atom is 0.200 e. The van der Waals surface area contributed by atoms with E-state index in [9.17, 15) is 0 Å². The van der Waals surface area contributed by atoms with Gasteiger partial charge in [0, 0.05) is 25.7 Å². The third-order valence-corrected chi connectivity index (χ3v) is 4.46. The predicted octanol–water partition coefficient (Wildman–Crippen LogP) is 3.91. The van der Waals surface area contributed by atoms with Gasteiger partial charge < -0.3 is 18.9 Å². The van der Waals surface area contributed by atoms with E-state index >= 15 is 0 Å². The summed E-state index contributed by atoms with van der Waals surface area (Å²) < 4.78 is 22.7. The first-order valence-corrected chi connectivity index (χ1v) is 8.37. The maximum atomic E-state index is 6.22. The smallest absolute Gasteiger partial charge is 0.200 e. The Morgan fingerprint density at radius 2 is 2.09 bits per heavy atom. The summed E-state index contributed by atoms with van der Waals surface area (Å²) in [5, 5.41) is 0.611. The summed E-state index contributed by atoms with van der Waals surface area (Å²) in [4.78, 5) is 0. The van der Waals surface area contributed by atoms with Gasteiger partial charge in [0.05, 0.1) is 18.2 Å². The fourth-order valence-corrected chi connectivity index (χ4v) is 2.93. The van der Waals surface area contributed by atoms with Gasteiger partial charge in [-0.15, -0.1) is 0 Å². The summed E-state index contributed by atoms with van der Waals surface area (Å²) in [6.07, 6.45) is 2.84. The van der Waals surface area contributed by atoms with Gasteiger partial charge in [0.2, 0.25) is 0 Å². The van der Waals surface area contributed by atoms with Crippen LogP contribution in [-0.4, -0.2) is 32.7 Å². The minimum Gasteiger partial charge on any atom is -0.492 e. The number of hydrogen-bond acceptors (Lipinski definition) is 4. The third kappa shape index (κ3) is 4.28. The van der Waals surface area contributed by atoms with E-state index in [-0.39, 0.29) is 6.29 Å². The number of hydrogen-bond donors (Lipinski definition) is 0. The van der Waals surface area contributed by atoms with Gasteiger partial charge in [0.15, 0.2) is 6.29 Å². The van der Waals surface area contributed by atoms with Crippen LogP contribution in [-0.2, 0) is 9.47 Å². The van der Waals surface area contributed by atoms with E-state index in [2.05, 4.69) is 6.92 Å². The lowest BCUT2D eigenvalue weighted by molar-refractivity contribution is -0.0394. The Labute approximate surface area is 136 Å². The summed E-state index contributed by atoms with van der Waals surface area (Å²) in [6, 6.07) is 5.53. The van der Waals surface area contributed by atoms with Gasteiger partial charge in [0.1, 0.15) is 11.5 Å². The molecular weight excluding hydrogens is 304 g/mol. The fraction of sp³-hybridized carbons (Fsp3) is 0.647. The molecule has 4 nitrogen and oxygen atoms in total. The van der Waals surface area contributed by atoms with Crippen molar-refractivity contribution in [3.8, 4) is 11.5 Å². The lowest BCUT2D eigenvalue weighted by Crippen LogP contribution is -2.21. The van der Waals surface area contributed by atoms with Gasteiger partial charge in [-0.05, 0) is 36.8 Å².